The smallest absolute Gasteiger partial charge is 0.321 e. The summed E-state index contributed by atoms with van der Waals surface area (Å²) in [5, 5.41) is 8.84. The molecule has 0 rings (SSSR count). The molecule has 0 aliphatic rings. The van der Waals surface area contributed by atoms with Crippen LogP contribution in [0, 0.1) is 0 Å². The van der Waals surface area contributed by atoms with Gasteiger partial charge in [-0.15, -0.1) is 6.58 Å². The number of carbonyl (C=O) groups is 2. The summed E-state index contributed by atoms with van der Waals surface area (Å²) >= 11 is 0. The van der Waals surface area contributed by atoms with Crippen LogP contribution in [0.3, 0.4) is 0 Å². The van der Waals surface area contributed by atoms with Crippen LogP contribution in [0.1, 0.15) is 48.0 Å². The molecule has 1 N–H and O–H groups in total. The first-order chi connectivity index (χ1) is 8.91. The van der Waals surface area contributed by atoms with Crippen molar-refractivity contribution >= 4 is 12.0 Å². The summed E-state index contributed by atoms with van der Waals surface area (Å²) in [4.78, 5) is 26.8. The number of hydrogen-bond donors (Lipinski definition) is 1. The normalized spacial score (nSPS) is 11.9. The highest BCUT2D eigenvalue weighted by molar-refractivity contribution is 5.77. The molecule has 0 aliphatic carbocycles. The minimum absolute atomic E-state index is 0.0604. The number of rotatable bonds is 5. The van der Waals surface area contributed by atoms with E-state index in [1.54, 1.807) is 15.9 Å². The summed E-state index contributed by atoms with van der Waals surface area (Å²) in [6.07, 6.45) is 1.62. The highest BCUT2D eigenvalue weighted by atomic mass is 16.4. The van der Waals surface area contributed by atoms with E-state index >= 15 is 0 Å². The summed E-state index contributed by atoms with van der Waals surface area (Å²) < 4.78 is 0. The molecule has 5 heteroatoms. The van der Waals surface area contributed by atoms with Crippen LogP contribution in [0.25, 0.3) is 0 Å². The van der Waals surface area contributed by atoms with Gasteiger partial charge in [0.15, 0.2) is 0 Å². The van der Waals surface area contributed by atoms with Crippen LogP contribution in [0.5, 0.6) is 0 Å². The van der Waals surface area contributed by atoms with Crippen molar-refractivity contribution in [3.8, 4) is 0 Å². The summed E-state index contributed by atoms with van der Waals surface area (Å²) in [6.45, 7) is 15.9. The Balaban J connectivity index is 5.28. The third-order valence-electron chi connectivity index (χ3n) is 2.94. The molecule has 5 nitrogen and oxygen atoms in total. The number of amides is 2. The van der Waals surface area contributed by atoms with E-state index in [1.165, 1.54) is 0 Å². The molecule has 0 radical (unpaired) electrons. The zero-order chi connectivity index (χ0) is 16.1. The third kappa shape index (κ3) is 5.63. The fourth-order valence-corrected chi connectivity index (χ4v) is 1.84. The molecule has 0 aromatic carbocycles. The van der Waals surface area contributed by atoms with E-state index in [2.05, 4.69) is 6.58 Å². The van der Waals surface area contributed by atoms with Crippen LogP contribution < -0.4 is 0 Å². The summed E-state index contributed by atoms with van der Waals surface area (Å²) in [5.74, 6) is -0.905. The minimum Gasteiger partial charge on any atom is -0.481 e. The van der Waals surface area contributed by atoms with Gasteiger partial charge in [-0.1, -0.05) is 6.08 Å². The fraction of sp³-hybridized carbons (Fsp3) is 0.733. The average molecular weight is 284 g/mol. The Morgan fingerprint density at radius 3 is 1.80 bits per heavy atom. The predicted octanol–water partition coefficient (Wildman–Crippen LogP) is 2.97. The maximum atomic E-state index is 12.8. The van der Waals surface area contributed by atoms with Crippen molar-refractivity contribution in [2.24, 2.45) is 0 Å². The standard InChI is InChI=1S/C15H28N2O3/c1-8-10-16(14(2,3)4)13(20)17(15(5,6)7)11-9-12(18)19/h8H,1,9-11H2,2-7H3,(H,18,19). The number of nitrogens with zero attached hydrogens (tertiary/aromatic N) is 2. The van der Waals surface area contributed by atoms with E-state index in [0.717, 1.165) is 0 Å². The molecule has 0 aliphatic heterocycles. The van der Waals surface area contributed by atoms with Gasteiger partial charge in [-0.25, -0.2) is 4.79 Å². The molecule has 20 heavy (non-hydrogen) atoms. The second-order valence-electron chi connectivity index (χ2n) is 6.82. The Kier molecular flexibility index (Phi) is 6.26. The lowest BCUT2D eigenvalue weighted by Crippen LogP contribution is -2.57. The predicted molar refractivity (Wildman–Crippen MR) is 80.8 cm³/mol. The molecular formula is C15H28N2O3. The van der Waals surface area contributed by atoms with E-state index in [1.807, 2.05) is 41.5 Å². The summed E-state index contributed by atoms with van der Waals surface area (Å²) in [6, 6.07) is -0.161. The second-order valence-corrected chi connectivity index (χ2v) is 6.82. The number of carbonyl (C=O) groups excluding carboxylic acids is 1. The number of carboxylic acids is 1. The lowest BCUT2D eigenvalue weighted by molar-refractivity contribution is -0.137. The van der Waals surface area contributed by atoms with Crippen LogP contribution in [0.2, 0.25) is 0 Å². The first kappa shape index (κ1) is 18.5. The maximum Gasteiger partial charge on any atom is 0.321 e. The van der Waals surface area contributed by atoms with Crippen LogP contribution in [0.4, 0.5) is 4.79 Å². The van der Waals surface area contributed by atoms with Crippen molar-refractivity contribution in [2.75, 3.05) is 13.1 Å². The van der Waals surface area contributed by atoms with Crippen LogP contribution >= 0.6 is 0 Å². The van der Waals surface area contributed by atoms with Crippen LogP contribution in [0.15, 0.2) is 12.7 Å². The van der Waals surface area contributed by atoms with Gasteiger partial charge in [-0.2, -0.15) is 0 Å². The Morgan fingerprint density at radius 2 is 1.50 bits per heavy atom. The molecule has 116 valence electrons. The number of hydrogen-bond acceptors (Lipinski definition) is 2. The SMILES string of the molecule is C=CCN(C(=O)N(CCC(=O)O)C(C)(C)C)C(C)(C)C. The molecule has 0 atom stereocenters. The minimum atomic E-state index is -0.905. The van der Waals surface area contributed by atoms with Crippen molar-refractivity contribution in [3.05, 3.63) is 12.7 Å². The number of urea groups is 1. The molecule has 0 saturated carbocycles. The van der Waals surface area contributed by atoms with Crippen LogP contribution in [-0.2, 0) is 4.79 Å². The van der Waals surface area contributed by atoms with Crippen molar-refractivity contribution < 1.29 is 14.7 Å². The Morgan fingerprint density at radius 1 is 1.05 bits per heavy atom. The highest BCUT2D eigenvalue weighted by Gasteiger charge is 2.34. The highest BCUT2D eigenvalue weighted by Crippen LogP contribution is 2.21. The largest absolute Gasteiger partial charge is 0.481 e. The van der Waals surface area contributed by atoms with E-state index in [4.69, 9.17) is 5.11 Å². The molecule has 0 heterocycles. The molecule has 0 bridgehead atoms. The average Bonchev–Trinajstić information content (AvgIpc) is 2.21. The van der Waals surface area contributed by atoms with E-state index in [-0.39, 0.29) is 24.5 Å². The second kappa shape index (κ2) is 6.77. The van der Waals surface area contributed by atoms with E-state index < -0.39 is 11.5 Å². The maximum absolute atomic E-state index is 12.8. The lowest BCUT2D eigenvalue weighted by atomic mass is 10.0. The molecule has 0 unspecified atom stereocenters. The van der Waals surface area contributed by atoms with Gasteiger partial charge >= 0.3 is 12.0 Å². The van der Waals surface area contributed by atoms with Gasteiger partial charge < -0.3 is 14.9 Å². The first-order valence-electron chi connectivity index (χ1n) is 6.83. The Bertz CT molecular complexity index is 364. The lowest BCUT2D eigenvalue weighted by Gasteiger charge is -2.43. The molecular weight excluding hydrogens is 256 g/mol. The first-order valence-corrected chi connectivity index (χ1v) is 6.83. The molecule has 2 amide bonds. The van der Waals surface area contributed by atoms with Gasteiger partial charge in [0.2, 0.25) is 0 Å². The molecule has 0 aromatic heterocycles. The zero-order valence-electron chi connectivity index (χ0n) is 13.6. The van der Waals surface area contributed by atoms with Gasteiger partial charge in [0.25, 0.3) is 0 Å². The zero-order valence-corrected chi connectivity index (χ0v) is 13.6. The van der Waals surface area contributed by atoms with Crippen molar-refractivity contribution in [3.63, 3.8) is 0 Å². The van der Waals surface area contributed by atoms with Gasteiger partial charge in [-0.05, 0) is 41.5 Å². The van der Waals surface area contributed by atoms with Gasteiger partial charge in [-0.3, -0.25) is 4.79 Å². The van der Waals surface area contributed by atoms with Gasteiger partial charge in [0, 0.05) is 24.2 Å². The molecule has 0 saturated heterocycles. The van der Waals surface area contributed by atoms with Crippen molar-refractivity contribution in [1.29, 1.82) is 0 Å². The number of carboxylic acid groups (broad SMARTS) is 1. The Labute approximate surface area is 122 Å². The van der Waals surface area contributed by atoms with Gasteiger partial charge in [0.1, 0.15) is 0 Å². The summed E-state index contributed by atoms with van der Waals surface area (Å²) in [5.41, 5.74) is -0.783. The quantitative estimate of drug-likeness (QED) is 0.790. The monoisotopic (exact) mass is 284 g/mol. The fourth-order valence-electron chi connectivity index (χ4n) is 1.84. The van der Waals surface area contributed by atoms with Gasteiger partial charge in [0.05, 0.1) is 6.42 Å². The van der Waals surface area contributed by atoms with Crippen LogP contribution in [-0.4, -0.2) is 51.1 Å². The van der Waals surface area contributed by atoms with E-state index in [9.17, 15) is 9.59 Å². The topological polar surface area (TPSA) is 60.9 Å². The Hall–Kier alpha value is -1.52. The molecule has 0 aromatic rings. The van der Waals surface area contributed by atoms with E-state index in [0.29, 0.717) is 6.54 Å². The molecule has 0 fully saturated rings. The third-order valence-corrected chi connectivity index (χ3v) is 2.94. The number of aliphatic carboxylic acids is 1. The van der Waals surface area contributed by atoms with Crippen molar-refractivity contribution in [2.45, 2.75) is 59.0 Å². The molecule has 0 spiro atoms. The van der Waals surface area contributed by atoms with Crippen molar-refractivity contribution in [1.82, 2.24) is 9.80 Å². The summed E-state index contributed by atoms with van der Waals surface area (Å²) in [7, 11) is 0.